The first-order valence-corrected chi connectivity index (χ1v) is 2.50. The highest BCUT2D eigenvalue weighted by atomic mass is 14.8. The molecule has 3 N–H and O–H groups in total. The zero-order valence-electron chi connectivity index (χ0n) is 4.76. The molecule has 3 nitrogen and oxygen atoms in total. The van der Waals surface area contributed by atoms with Crippen LogP contribution in [-0.4, -0.2) is 0 Å². The van der Waals surface area contributed by atoms with E-state index in [1.807, 2.05) is 6.07 Å². The molecule has 0 aromatic carbocycles. The van der Waals surface area contributed by atoms with Crippen molar-refractivity contribution in [2.24, 2.45) is 0 Å². The van der Waals surface area contributed by atoms with Crippen molar-refractivity contribution in [3.8, 4) is 6.07 Å². The Bertz CT molecular complexity index is 249. The molecule has 0 unspecified atom stereocenters. The van der Waals surface area contributed by atoms with Gasteiger partial charge in [0, 0.05) is 6.07 Å². The summed E-state index contributed by atoms with van der Waals surface area (Å²) >= 11 is 0. The Morgan fingerprint density at radius 1 is 1.67 bits per heavy atom. The van der Waals surface area contributed by atoms with Gasteiger partial charge in [0.25, 0.3) is 5.82 Å². The van der Waals surface area contributed by atoms with E-state index in [0.717, 1.165) is 0 Å². The third-order valence-corrected chi connectivity index (χ3v) is 0.953. The lowest BCUT2D eigenvalue weighted by Crippen LogP contribution is -2.08. The molecule has 44 valence electrons. The van der Waals surface area contributed by atoms with E-state index < -0.39 is 0 Å². The molecule has 1 rings (SSSR count). The van der Waals surface area contributed by atoms with Gasteiger partial charge in [-0.05, 0) is 6.07 Å². The predicted octanol–water partition coefficient (Wildman–Crippen LogP) is -0.0454. The van der Waals surface area contributed by atoms with Gasteiger partial charge in [0.05, 0.1) is 17.8 Å². The third kappa shape index (κ3) is 1.16. The number of nitrogens with one attached hydrogen (secondary N) is 1. The van der Waals surface area contributed by atoms with Crippen LogP contribution < -0.4 is 10.7 Å². The summed E-state index contributed by atoms with van der Waals surface area (Å²) < 4.78 is 0. The lowest BCUT2D eigenvalue weighted by atomic mass is 10.3. The van der Waals surface area contributed by atoms with Gasteiger partial charge in [-0.15, -0.1) is 0 Å². The van der Waals surface area contributed by atoms with E-state index in [9.17, 15) is 0 Å². The molecular weight excluding hydrogens is 114 g/mol. The molecule has 0 radical (unpaired) electrons. The molecule has 0 saturated carbocycles. The van der Waals surface area contributed by atoms with Gasteiger partial charge in [-0.2, -0.15) is 5.26 Å². The number of pyridine rings is 1. The number of nitriles is 1. The lowest BCUT2D eigenvalue weighted by molar-refractivity contribution is -0.360. The minimum absolute atomic E-state index is 0.508. The number of hydrogen-bond donors (Lipinski definition) is 1. The highest BCUT2D eigenvalue weighted by molar-refractivity contribution is 5.34. The average molecular weight is 120 g/mol. The number of rotatable bonds is 0. The molecule has 0 bridgehead atoms. The summed E-state index contributed by atoms with van der Waals surface area (Å²) in [6.45, 7) is 0. The predicted molar refractivity (Wildman–Crippen MR) is 32.1 cm³/mol. The smallest absolute Gasteiger partial charge is 0.271 e. The van der Waals surface area contributed by atoms with Crippen LogP contribution in [0.5, 0.6) is 0 Å². The Morgan fingerprint density at radius 3 is 2.89 bits per heavy atom. The van der Waals surface area contributed by atoms with E-state index >= 15 is 0 Å². The van der Waals surface area contributed by atoms with E-state index in [0.29, 0.717) is 11.4 Å². The zero-order chi connectivity index (χ0) is 6.69. The van der Waals surface area contributed by atoms with Crippen LogP contribution in [0.25, 0.3) is 0 Å². The van der Waals surface area contributed by atoms with Crippen LogP contribution in [0.2, 0.25) is 0 Å². The van der Waals surface area contributed by atoms with Crippen molar-refractivity contribution in [2.75, 3.05) is 5.73 Å². The SMILES string of the molecule is N#Cc1cc[nH+]c(N)c1. The Morgan fingerprint density at radius 2 is 2.44 bits per heavy atom. The Balaban J connectivity index is 3.12. The highest BCUT2D eigenvalue weighted by Crippen LogP contribution is 1.95. The fourth-order valence-corrected chi connectivity index (χ4v) is 0.555. The van der Waals surface area contributed by atoms with E-state index in [-0.39, 0.29) is 0 Å². The van der Waals surface area contributed by atoms with Crippen LogP contribution >= 0.6 is 0 Å². The van der Waals surface area contributed by atoms with Gasteiger partial charge in [-0.3, -0.25) is 5.73 Å². The summed E-state index contributed by atoms with van der Waals surface area (Å²) in [6, 6.07) is 5.21. The average Bonchev–Trinajstić information content (AvgIpc) is 1.88. The van der Waals surface area contributed by atoms with Crippen LogP contribution in [0.15, 0.2) is 18.3 Å². The molecule has 9 heavy (non-hydrogen) atoms. The van der Waals surface area contributed by atoms with E-state index in [1.54, 1.807) is 18.3 Å². The number of anilines is 1. The van der Waals surface area contributed by atoms with Gasteiger partial charge in [-0.1, -0.05) is 0 Å². The second kappa shape index (κ2) is 2.14. The summed E-state index contributed by atoms with van der Waals surface area (Å²) in [5.41, 5.74) is 5.90. The molecule has 1 aromatic heterocycles. The second-order valence-electron chi connectivity index (χ2n) is 1.64. The minimum atomic E-state index is 0.508. The molecule has 3 heteroatoms. The maximum Gasteiger partial charge on any atom is 0.271 e. The molecule has 0 saturated heterocycles. The standard InChI is InChI=1S/C6H5N3/c7-4-5-1-2-9-6(8)3-5/h1-3H,(H2,8,9)/p+1. The lowest BCUT2D eigenvalue weighted by Gasteiger charge is -1.83. The number of aromatic nitrogens is 1. The number of H-pyrrole nitrogens is 1. The molecule has 0 aliphatic rings. The van der Waals surface area contributed by atoms with Crippen LogP contribution in [0.4, 0.5) is 5.82 Å². The third-order valence-electron chi connectivity index (χ3n) is 0.953. The summed E-state index contributed by atoms with van der Waals surface area (Å²) in [5.74, 6) is 0.508. The molecule has 0 aliphatic heterocycles. The first-order chi connectivity index (χ1) is 4.33. The molecule has 0 spiro atoms. The number of nitrogens with two attached hydrogens (primary N) is 1. The monoisotopic (exact) mass is 120 g/mol. The van der Waals surface area contributed by atoms with Crippen LogP contribution in [-0.2, 0) is 0 Å². The van der Waals surface area contributed by atoms with Crippen molar-refractivity contribution >= 4 is 5.82 Å². The number of hydrogen-bond acceptors (Lipinski definition) is 2. The van der Waals surface area contributed by atoms with Crippen molar-refractivity contribution in [2.45, 2.75) is 0 Å². The first-order valence-electron chi connectivity index (χ1n) is 2.50. The van der Waals surface area contributed by atoms with Crippen molar-refractivity contribution in [1.82, 2.24) is 0 Å². The van der Waals surface area contributed by atoms with Gasteiger partial charge in [0.1, 0.15) is 0 Å². The Kier molecular flexibility index (Phi) is 1.32. The summed E-state index contributed by atoms with van der Waals surface area (Å²) in [5, 5.41) is 8.34. The fraction of sp³-hybridized carbons (Fsp3) is 0. The van der Waals surface area contributed by atoms with Gasteiger partial charge in [-0.25, -0.2) is 4.98 Å². The van der Waals surface area contributed by atoms with Gasteiger partial charge < -0.3 is 0 Å². The van der Waals surface area contributed by atoms with E-state index in [4.69, 9.17) is 11.0 Å². The second-order valence-corrected chi connectivity index (χ2v) is 1.64. The first kappa shape index (κ1) is 5.57. The Hall–Kier alpha value is -1.56. The molecule has 0 fully saturated rings. The van der Waals surface area contributed by atoms with Gasteiger partial charge in [0.15, 0.2) is 0 Å². The quantitative estimate of drug-likeness (QED) is 0.522. The topological polar surface area (TPSA) is 64.0 Å². The van der Waals surface area contributed by atoms with Crippen LogP contribution in [0.3, 0.4) is 0 Å². The summed E-state index contributed by atoms with van der Waals surface area (Å²) in [6.07, 6.45) is 1.63. The normalized spacial score (nSPS) is 8.33. The fourth-order valence-electron chi connectivity index (χ4n) is 0.555. The zero-order valence-corrected chi connectivity index (χ0v) is 4.76. The molecule has 0 amide bonds. The van der Waals surface area contributed by atoms with Crippen molar-refractivity contribution in [3.05, 3.63) is 23.9 Å². The van der Waals surface area contributed by atoms with Crippen LogP contribution in [0.1, 0.15) is 5.56 Å². The Labute approximate surface area is 52.7 Å². The minimum Gasteiger partial charge on any atom is -0.287 e. The number of aromatic amines is 1. The molecule has 0 aliphatic carbocycles. The molecule has 1 aromatic rings. The number of nitrogens with zero attached hydrogens (tertiary/aromatic N) is 1. The summed E-state index contributed by atoms with van der Waals surface area (Å²) in [7, 11) is 0. The van der Waals surface area contributed by atoms with E-state index in [1.165, 1.54) is 0 Å². The molecule has 1 heterocycles. The summed E-state index contributed by atoms with van der Waals surface area (Å²) in [4.78, 5) is 2.73. The maximum atomic E-state index is 8.34. The van der Waals surface area contributed by atoms with E-state index in [2.05, 4.69) is 4.98 Å². The number of nitrogen functional groups attached to an aromatic ring is 1. The van der Waals surface area contributed by atoms with Crippen LogP contribution in [0, 0.1) is 11.3 Å². The van der Waals surface area contributed by atoms with Crippen molar-refractivity contribution in [1.29, 1.82) is 5.26 Å². The largest absolute Gasteiger partial charge is 0.287 e. The highest BCUT2D eigenvalue weighted by Gasteiger charge is 1.92. The maximum absolute atomic E-state index is 8.34. The molecule has 0 atom stereocenters. The van der Waals surface area contributed by atoms with Gasteiger partial charge >= 0.3 is 0 Å². The van der Waals surface area contributed by atoms with Crippen molar-refractivity contribution in [3.63, 3.8) is 0 Å². The molecular formula is C6H6N3+. The van der Waals surface area contributed by atoms with Gasteiger partial charge in [0.2, 0.25) is 0 Å². The van der Waals surface area contributed by atoms with Crippen molar-refractivity contribution < 1.29 is 4.98 Å².